The van der Waals surface area contributed by atoms with Gasteiger partial charge in [-0.1, -0.05) is 67.0 Å². The largest absolute Gasteiger partial charge is 0.540 e. The molecule has 0 aliphatic heterocycles. The van der Waals surface area contributed by atoms with Crippen LogP contribution in [0.15, 0.2) is 23.8 Å². The van der Waals surface area contributed by atoms with Crippen LogP contribution in [0.5, 0.6) is 11.5 Å². The zero-order valence-electron chi connectivity index (χ0n) is 25.6. The molecular weight excluding hydrogens is 488 g/mol. The van der Waals surface area contributed by atoms with Crippen molar-refractivity contribution in [3.8, 4) is 11.5 Å². The third-order valence-corrected chi connectivity index (χ3v) is 16.7. The number of hydrogen-bond acceptors (Lipinski definition) is 4. The van der Waals surface area contributed by atoms with Crippen LogP contribution in [-0.4, -0.2) is 28.0 Å². The van der Waals surface area contributed by atoms with Gasteiger partial charge in [0, 0.05) is 12.8 Å². The molecule has 1 saturated carbocycles. The summed E-state index contributed by atoms with van der Waals surface area (Å²) in [5, 5.41) is 0. The fourth-order valence-electron chi connectivity index (χ4n) is 9.06. The van der Waals surface area contributed by atoms with Gasteiger partial charge in [0.15, 0.2) is 5.75 Å². The van der Waals surface area contributed by atoms with E-state index in [0.29, 0.717) is 41.0 Å². The molecule has 0 unspecified atom stereocenters. The Bertz CT molecular complexity index is 1040. The van der Waals surface area contributed by atoms with E-state index in [1.807, 2.05) is 0 Å². The average molecular weight is 541 g/mol. The molecule has 1 aromatic rings. The summed E-state index contributed by atoms with van der Waals surface area (Å²) >= 11 is 0. The zero-order valence-corrected chi connectivity index (χ0v) is 26.6. The van der Waals surface area contributed by atoms with Crippen LogP contribution in [0.2, 0.25) is 16.6 Å². The minimum Gasteiger partial charge on any atom is -0.540 e. The maximum absolute atomic E-state index is 11.4. The van der Waals surface area contributed by atoms with Crippen molar-refractivity contribution in [3.63, 3.8) is 0 Å². The lowest BCUT2D eigenvalue weighted by atomic mass is 9.53. The van der Waals surface area contributed by atoms with E-state index in [0.717, 1.165) is 24.3 Å². The van der Waals surface area contributed by atoms with Crippen LogP contribution in [0.1, 0.15) is 105 Å². The van der Waals surface area contributed by atoms with Gasteiger partial charge in [-0.2, -0.15) is 0 Å². The molecule has 3 aliphatic carbocycles. The van der Waals surface area contributed by atoms with Crippen molar-refractivity contribution >= 4 is 14.3 Å². The van der Waals surface area contributed by atoms with Gasteiger partial charge in [-0.15, -0.1) is 0 Å². The SMILES string of the molecule is COc1cc2c(cc1O[Si](C(C)C)(C(C)C)C(C)C)CC[C@@H]1[C@@H]2CC[C@]2(C)C([C@H](C)COC(C)=O)=CC[C@@H]12. The molecule has 1 fully saturated rings. The van der Waals surface area contributed by atoms with Gasteiger partial charge in [-0.3, -0.25) is 4.79 Å². The Hall–Kier alpha value is -1.75. The molecule has 1 aromatic carbocycles. The molecule has 5 heteroatoms. The van der Waals surface area contributed by atoms with Crippen molar-refractivity contribution in [1.82, 2.24) is 0 Å². The number of esters is 1. The van der Waals surface area contributed by atoms with Crippen LogP contribution >= 0.6 is 0 Å². The van der Waals surface area contributed by atoms with Gasteiger partial charge in [-0.05, 0) is 95.2 Å². The van der Waals surface area contributed by atoms with Gasteiger partial charge >= 0.3 is 5.97 Å². The quantitative estimate of drug-likeness (QED) is 0.178. The molecule has 0 saturated heterocycles. The van der Waals surface area contributed by atoms with Crippen LogP contribution in [0.4, 0.5) is 0 Å². The number of rotatable bonds is 9. The topological polar surface area (TPSA) is 44.8 Å². The third-order valence-electron chi connectivity index (χ3n) is 10.7. The molecule has 4 rings (SSSR count). The molecule has 0 radical (unpaired) electrons. The number of allylic oxidation sites excluding steroid dienone is 1. The Balaban J connectivity index is 1.61. The highest BCUT2D eigenvalue weighted by molar-refractivity contribution is 6.78. The fraction of sp³-hybridized carbons (Fsp3) is 0.727. The van der Waals surface area contributed by atoms with Crippen LogP contribution in [0.3, 0.4) is 0 Å². The minimum absolute atomic E-state index is 0.183. The van der Waals surface area contributed by atoms with Crippen molar-refractivity contribution < 1.29 is 18.7 Å². The summed E-state index contributed by atoms with van der Waals surface area (Å²) in [7, 11) is -0.275. The standard InChI is InChI=1S/C33H52O4Si/c1-20(2)38(21(3)4,22(5)6)37-32-17-25-11-12-27-26(28(25)18-31(32)35-10)15-16-33(9)29(13-14-30(27)33)23(7)19-36-24(8)34/h13,17-18,20-23,26-27,30H,11-12,14-16,19H2,1-10H3/t23-,26+,27-,30+,33-/m1/s1. The van der Waals surface area contributed by atoms with E-state index < -0.39 is 8.32 Å². The van der Waals surface area contributed by atoms with Crippen molar-refractivity contribution in [2.75, 3.05) is 13.7 Å². The van der Waals surface area contributed by atoms with E-state index in [9.17, 15) is 4.79 Å². The van der Waals surface area contributed by atoms with Gasteiger partial charge < -0.3 is 13.9 Å². The Morgan fingerprint density at radius 2 is 1.68 bits per heavy atom. The Morgan fingerprint density at radius 1 is 1.03 bits per heavy atom. The normalized spacial score (nSPS) is 27.5. The first kappa shape index (κ1) is 29.2. The van der Waals surface area contributed by atoms with Gasteiger partial charge in [0.1, 0.15) is 5.75 Å². The number of aryl methyl sites for hydroxylation is 1. The number of carbonyl (C=O) groups excluding carboxylic acids is 1. The van der Waals surface area contributed by atoms with E-state index >= 15 is 0 Å². The van der Waals surface area contributed by atoms with Gasteiger partial charge in [0.2, 0.25) is 0 Å². The van der Waals surface area contributed by atoms with Crippen molar-refractivity contribution in [3.05, 3.63) is 34.9 Å². The molecule has 0 bridgehead atoms. The number of methoxy groups -OCH3 is 1. The number of benzene rings is 1. The molecule has 0 amide bonds. The lowest BCUT2D eigenvalue weighted by Crippen LogP contribution is -2.50. The van der Waals surface area contributed by atoms with Gasteiger partial charge in [0.25, 0.3) is 8.32 Å². The molecule has 4 nitrogen and oxygen atoms in total. The zero-order chi connectivity index (χ0) is 28.0. The summed E-state index contributed by atoms with van der Waals surface area (Å²) < 4.78 is 18.6. The van der Waals surface area contributed by atoms with E-state index in [1.54, 1.807) is 7.11 Å². The molecule has 0 N–H and O–H groups in total. The Morgan fingerprint density at radius 3 is 2.26 bits per heavy atom. The first-order valence-electron chi connectivity index (χ1n) is 15.1. The molecule has 0 heterocycles. The van der Waals surface area contributed by atoms with E-state index in [1.165, 1.54) is 42.9 Å². The highest BCUT2D eigenvalue weighted by Crippen LogP contribution is 2.62. The second-order valence-corrected chi connectivity index (χ2v) is 19.0. The average Bonchev–Trinajstić information content (AvgIpc) is 3.21. The molecule has 38 heavy (non-hydrogen) atoms. The molecule has 0 spiro atoms. The summed E-state index contributed by atoms with van der Waals surface area (Å²) in [5.41, 5.74) is 6.27. The van der Waals surface area contributed by atoms with E-state index in [4.69, 9.17) is 13.9 Å². The fourth-order valence-corrected chi connectivity index (χ4v) is 14.3. The van der Waals surface area contributed by atoms with E-state index in [-0.39, 0.29) is 17.3 Å². The predicted octanol–water partition coefficient (Wildman–Crippen LogP) is 8.84. The third kappa shape index (κ3) is 4.86. The van der Waals surface area contributed by atoms with Gasteiger partial charge in [0.05, 0.1) is 13.7 Å². The Kier molecular flexibility index (Phi) is 8.48. The lowest BCUT2D eigenvalue weighted by Gasteiger charge is -2.51. The second-order valence-electron chi connectivity index (χ2n) is 13.6. The Labute approximate surface area is 233 Å². The lowest BCUT2D eigenvalue weighted by molar-refractivity contribution is -0.141. The maximum Gasteiger partial charge on any atom is 0.302 e. The van der Waals surface area contributed by atoms with Crippen LogP contribution in [0, 0.1) is 23.2 Å². The molecule has 5 atom stereocenters. The van der Waals surface area contributed by atoms with Crippen molar-refractivity contribution in [1.29, 1.82) is 0 Å². The van der Waals surface area contributed by atoms with Crippen LogP contribution < -0.4 is 9.16 Å². The van der Waals surface area contributed by atoms with Crippen LogP contribution in [-0.2, 0) is 16.0 Å². The summed E-state index contributed by atoms with van der Waals surface area (Å²) in [6, 6.07) is 4.70. The summed E-state index contributed by atoms with van der Waals surface area (Å²) in [5.74, 6) is 3.91. The molecule has 212 valence electrons. The monoisotopic (exact) mass is 540 g/mol. The summed E-state index contributed by atoms with van der Waals surface area (Å²) in [4.78, 5) is 11.4. The van der Waals surface area contributed by atoms with Crippen molar-refractivity contribution in [2.24, 2.45) is 23.2 Å². The minimum atomic E-state index is -2.07. The number of carbonyl (C=O) groups is 1. The number of ether oxygens (including phenoxy) is 2. The van der Waals surface area contributed by atoms with Crippen LogP contribution in [0.25, 0.3) is 0 Å². The highest BCUT2D eigenvalue weighted by Gasteiger charge is 2.53. The van der Waals surface area contributed by atoms with Gasteiger partial charge in [-0.25, -0.2) is 0 Å². The van der Waals surface area contributed by atoms with Crippen molar-refractivity contribution in [2.45, 2.75) is 117 Å². The first-order valence-corrected chi connectivity index (χ1v) is 17.2. The smallest absolute Gasteiger partial charge is 0.302 e. The second kappa shape index (κ2) is 11.0. The number of fused-ring (bicyclic) bond motifs is 5. The summed E-state index contributed by atoms with van der Waals surface area (Å²) in [6.45, 7) is 20.8. The van der Waals surface area contributed by atoms with E-state index in [2.05, 4.69) is 73.6 Å². The predicted molar refractivity (Wildman–Crippen MR) is 159 cm³/mol. The highest BCUT2D eigenvalue weighted by atomic mass is 28.4. The number of hydrogen-bond donors (Lipinski definition) is 0. The maximum atomic E-state index is 11.4. The summed E-state index contributed by atoms with van der Waals surface area (Å²) in [6.07, 6.45) is 8.39. The molecule has 3 aliphatic rings. The molecular formula is C33H52O4Si. The first-order chi connectivity index (χ1) is 17.9. The molecule has 0 aromatic heterocycles.